The van der Waals surface area contributed by atoms with E-state index >= 15 is 4.39 Å². The number of carbonyl (C=O) groups excluding carboxylic acids is 1. The Morgan fingerprint density at radius 1 is 1.31 bits per heavy atom. The molecule has 3 fully saturated rings. The van der Waals surface area contributed by atoms with Gasteiger partial charge >= 0.3 is 0 Å². The second-order valence-electron chi connectivity index (χ2n) is 10.7. The van der Waals surface area contributed by atoms with E-state index in [9.17, 15) is 9.59 Å². The molecule has 9 heteroatoms. The highest BCUT2D eigenvalue weighted by Gasteiger charge is 2.55. The van der Waals surface area contributed by atoms with E-state index in [1.54, 1.807) is 47.3 Å². The zero-order valence-corrected chi connectivity index (χ0v) is 20.1. The smallest absolute Gasteiger partial charge is 0.274 e. The first kappa shape index (κ1) is 22.3. The van der Waals surface area contributed by atoms with Crippen LogP contribution in [-0.2, 0) is 10.2 Å². The molecule has 3 aromatic heterocycles. The molecule has 2 bridgehead atoms. The van der Waals surface area contributed by atoms with Crippen LogP contribution in [0.25, 0.3) is 5.65 Å². The molecule has 1 amide bonds. The maximum Gasteiger partial charge on any atom is 0.274 e. The van der Waals surface area contributed by atoms with Crippen molar-refractivity contribution in [3.63, 3.8) is 0 Å². The fourth-order valence-corrected chi connectivity index (χ4v) is 5.52. The monoisotopic (exact) mass is 480 g/mol. The summed E-state index contributed by atoms with van der Waals surface area (Å²) in [6.45, 7) is 6.19. The third kappa shape index (κ3) is 3.64. The Balaban J connectivity index is 1.41. The quantitative estimate of drug-likeness (QED) is 0.571. The summed E-state index contributed by atoms with van der Waals surface area (Å²) in [7, 11) is 0. The fraction of sp³-hybridized carbons (Fsp3) is 0.500. The number of ether oxygens (including phenoxy) is 2. The Bertz CT molecular complexity index is 1400. The number of halogens is 1. The maximum absolute atomic E-state index is 15.8. The molecule has 0 spiro atoms. The molecule has 6 rings (SSSR count). The van der Waals surface area contributed by atoms with Gasteiger partial charge in [-0.05, 0) is 65.0 Å². The van der Waals surface area contributed by atoms with Gasteiger partial charge in [0.1, 0.15) is 11.3 Å². The molecule has 35 heavy (non-hydrogen) atoms. The van der Waals surface area contributed by atoms with Gasteiger partial charge in [0.25, 0.3) is 11.5 Å². The number of carbonyl (C=O) groups is 1. The first-order valence-electron chi connectivity index (χ1n) is 12.2. The summed E-state index contributed by atoms with van der Waals surface area (Å²) in [5.41, 5.74) is 0.357. The molecule has 8 nitrogen and oxygen atoms in total. The van der Waals surface area contributed by atoms with Crippen molar-refractivity contribution in [1.29, 1.82) is 0 Å². The zero-order chi connectivity index (χ0) is 24.5. The highest BCUT2D eigenvalue weighted by molar-refractivity contribution is 6.06. The summed E-state index contributed by atoms with van der Waals surface area (Å²) in [6, 6.07) is 3.46. The maximum atomic E-state index is 15.8. The van der Waals surface area contributed by atoms with Crippen LogP contribution < -0.4 is 15.6 Å². The summed E-state index contributed by atoms with van der Waals surface area (Å²) in [6.07, 6.45) is 9.28. The van der Waals surface area contributed by atoms with Crippen molar-refractivity contribution in [2.45, 2.75) is 76.0 Å². The first-order valence-corrected chi connectivity index (χ1v) is 12.2. The highest BCUT2D eigenvalue weighted by atomic mass is 19.1. The number of nitrogens with one attached hydrogen (secondary N) is 1. The number of pyridine rings is 2. The van der Waals surface area contributed by atoms with E-state index in [0.717, 1.165) is 37.8 Å². The molecule has 0 aromatic carbocycles. The number of amides is 1. The topological polar surface area (TPSA) is 86.9 Å². The van der Waals surface area contributed by atoms with Gasteiger partial charge < -0.3 is 23.8 Å². The van der Waals surface area contributed by atoms with Crippen LogP contribution in [-0.4, -0.2) is 38.2 Å². The zero-order valence-electron chi connectivity index (χ0n) is 20.1. The van der Waals surface area contributed by atoms with E-state index in [4.69, 9.17) is 9.47 Å². The van der Waals surface area contributed by atoms with Gasteiger partial charge in [-0.15, -0.1) is 0 Å². The normalized spacial score (nSPS) is 25.5. The highest BCUT2D eigenvalue weighted by Crippen LogP contribution is 2.53. The molecule has 3 aliphatic rings. The van der Waals surface area contributed by atoms with Crippen LogP contribution in [0.5, 0.6) is 5.75 Å². The molecule has 4 heterocycles. The van der Waals surface area contributed by atoms with Crippen LogP contribution in [0, 0.1) is 5.82 Å². The molecule has 1 aliphatic heterocycles. The van der Waals surface area contributed by atoms with Crippen LogP contribution in [0.4, 0.5) is 10.1 Å². The second-order valence-corrected chi connectivity index (χ2v) is 10.7. The van der Waals surface area contributed by atoms with E-state index in [1.807, 2.05) is 0 Å². The van der Waals surface area contributed by atoms with Crippen molar-refractivity contribution in [2.75, 3.05) is 11.9 Å². The lowest BCUT2D eigenvalue weighted by Gasteiger charge is -2.24. The third-order valence-corrected chi connectivity index (χ3v) is 7.49. The number of hydrogen-bond acceptors (Lipinski definition) is 5. The van der Waals surface area contributed by atoms with Crippen molar-refractivity contribution in [1.82, 2.24) is 14.0 Å². The van der Waals surface area contributed by atoms with Crippen molar-refractivity contribution in [3.05, 3.63) is 58.2 Å². The average Bonchev–Trinajstić information content (AvgIpc) is 3.32. The molecule has 0 unspecified atom stereocenters. The summed E-state index contributed by atoms with van der Waals surface area (Å²) in [4.78, 5) is 30.8. The SMILES string of the molecule is CC(C)Oc1c(C(=O)Nc2cccn(C3CC3)c2=O)cn2cc([C@@]34CC[C@@](C)(C3)OC4)nc2c1F. The Hall–Kier alpha value is -3.20. The average molecular weight is 481 g/mol. The summed E-state index contributed by atoms with van der Waals surface area (Å²) >= 11 is 0. The lowest BCUT2D eigenvalue weighted by molar-refractivity contribution is -0.00627. The van der Waals surface area contributed by atoms with E-state index in [2.05, 4.69) is 17.2 Å². The molecule has 184 valence electrons. The van der Waals surface area contributed by atoms with E-state index in [1.165, 1.54) is 6.20 Å². The fourth-order valence-electron chi connectivity index (χ4n) is 5.52. The Kier molecular flexibility index (Phi) is 4.87. The molecule has 2 aliphatic carbocycles. The minimum atomic E-state index is -0.697. The van der Waals surface area contributed by atoms with Crippen molar-refractivity contribution in [2.24, 2.45) is 0 Å². The minimum absolute atomic E-state index is 0.00491. The second kappa shape index (κ2) is 7.65. The Labute approximate surface area is 202 Å². The number of fused-ring (bicyclic) bond motifs is 3. The molecular formula is C26H29FN4O4. The van der Waals surface area contributed by atoms with Gasteiger partial charge in [0.2, 0.25) is 5.82 Å². The predicted octanol–water partition coefficient (Wildman–Crippen LogP) is 4.22. The van der Waals surface area contributed by atoms with Gasteiger partial charge in [-0.3, -0.25) is 9.59 Å². The number of hydrogen-bond donors (Lipinski definition) is 1. The number of nitrogens with zero attached hydrogens (tertiary/aromatic N) is 3. The van der Waals surface area contributed by atoms with Crippen LogP contribution in [0.2, 0.25) is 0 Å². The number of imidazole rings is 1. The number of anilines is 1. The van der Waals surface area contributed by atoms with Gasteiger partial charge in [-0.1, -0.05) is 0 Å². The molecule has 2 saturated carbocycles. The van der Waals surface area contributed by atoms with Crippen LogP contribution in [0.15, 0.2) is 35.5 Å². The van der Waals surface area contributed by atoms with Gasteiger partial charge in [0.05, 0.1) is 24.0 Å². The molecule has 1 N–H and O–H groups in total. The van der Waals surface area contributed by atoms with E-state index in [-0.39, 0.29) is 51.4 Å². The molecule has 3 aromatic rings. The van der Waals surface area contributed by atoms with Crippen LogP contribution >= 0.6 is 0 Å². The Morgan fingerprint density at radius 3 is 2.74 bits per heavy atom. The van der Waals surface area contributed by atoms with Crippen molar-refractivity contribution >= 4 is 17.2 Å². The van der Waals surface area contributed by atoms with Gasteiger partial charge in [0, 0.05) is 30.0 Å². The molecule has 2 atom stereocenters. The van der Waals surface area contributed by atoms with E-state index < -0.39 is 11.7 Å². The Morgan fingerprint density at radius 2 is 2.11 bits per heavy atom. The molecule has 0 radical (unpaired) electrons. The van der Waals surface area contributed by atoms with E-state index in [0.29, 0.717) is 6.61 Å². The lowest BCUT2D eigenvalue weighted by atomic mass is 9.84. The summed E-state index contributed by atoms with van der Waals surface area (Å²) < 4.78 is 30.7. The van der Waals surface area contributed by atoms with Crippen molar-refractivity contribution < 1.29 is 18.7 Å². The summed E-state index contributed by atoms with van der Waals surface area (Å²) in [5.74, 6) is -1.48. The predicted molar refractivity (Wildman–Crippen MR) is 128 cm³/mol. The standard InChI is InChI=1S/C26H29FN4O4/c1-15(2)35-21-17(23(32)28-18-5-4-10-31(24(18)33)16-6-7-16)11-30-12-19(29-22(30)20(21)27)26-9-8-25(3,13-26)34-14-26/h4-5,10-12,15-16H,6-9,13-14H2,1-3H3,(H,28,32)/t25-,26-/m0/s1. The van der Waals surface area contributed by atoms with Gasteiger partial charge in [-0.2, -0.15) is 4.39 Å². The van der Waals surface area contributed by atoms with Crippen LogP contribution in [0.3, 0.4) is 0 Å². The van der Waals surface area contributed by atoms with Crippen molar-refractivity contribution in [3.8, 4) is 5.75 Å². The van der Waals surface area contributed by atoms with Crippen LogP contribution in [0.1, 0.15) is 75.0 Å². The van der Waals surface area contributed by atoms with Gasteiger partial charge in [0.15, 0.2) is 11.4 Å². The molecular weight excluding hydrogens is 451 g/mol. The first-order chi connectivity index (χ1) is 16.7. The largest absolute Gasteiger partial charge is 0.487 e. The summed E-state index contributed by atoms with van der Waals surface area (Å²) in [5, 5.41) is 2.67. The lowest BCUT2D eigenvalue weighted by Crippen LogP contribution is -2.26. The molecule has 1 saturated heterocycles. The number of aromatic nitrogens is 3. The van der Waals surface area contributed by atoms with Gasteiger partial charge in [-0.25, -0.2) is 4.98 Å². The minimum Gasteiger partial charge on any atom is -0.487 e. The number of rotatable bonds is 6. The third-order valence-electron chi connectivity index (χ3n) is 7.49.